The van der Waals surface area contributed by atoms with Crippen molar-refractivity contribution in [2.24, 2.45) is 13.0 Å². The number of aromatic nitrogens is 3. The minimum Gasteiger partial charge on any atom is -0.359 e. The molecule has 0 unspecified atom stereocenters. The average molecular weight is 317 g/mol. The largest absolute Gasteiger partial charge is 0.359 e. The van der Waals surface area contributed by atoms with Crippen LogP contribution >= 0.6 is 0 Å². The molecule has 1 fully saturated rings. The molecule has 0 saturated carbocycles. The molecular formula is C16H23N5O2. The predicted octanol–water partition coefficient (Wildman–Crippen LogP) is 1.74. The zero-order valence-electron chi connectivity index (χ0n) is 13.7. The maximum absolute atomic E-state index is 12.2. The Morgan fingerprint density at radius 3 is 3.09 bits per heavy atom. The molecule has 0 bridgehead atoms. The number of nitrogens with one attached hydrogen (secondary N) is 1. The summed E-state index contributed by atoms with van der Waals surface area (Å²) in [7, 11) is 1.92. The van der Waals surface area contributed by atoms with E-state index >= 15 is 0 Å². The highest BCUT2D eigenvalue weighted by atomic mass is 16.5. The molecule has 23 heavy (non-hydrogen) atoms. The molecule has 0 radical (unpaired) electrons. The van der Waals surface area contributed by atoms with Gasteiger partial charge in [-0.3, -0.25) is 4.68 Å². The third-order valence-electron chi connectivity index (χ3n) is 4.24. The third kappa shape index (κ3) is 3.91. The van der Waals surface area contributed by atoms with Crippen LogP contribution in [0.2, 0.25) is 0 Å². The van der Waals surface area contributed by atoms with Crippen LogP contribution in [-0.4, -0.2) is 39.0 Å². The lowest BCUT2D eigenvalue weighted by Gasteiger charge is -2.16. The van der Waals surface area contributed by atoms with E-state index in [2.05, 4.69) is 15.6 Å². The van der Waals surface area contributed by atoms with E-state index < -0.39 is 0 Å². The van der Waals surface area contributed by atoms with E-state index in [1.807, 2.05) is 42.0 Å². The number of aryl methyl sites for hydroxylation is 2. The summed E-state index contributed by atoms with van der Waals surface area (Å²) in [4.78, 5) is 14.1. The molecule has 7 heteroatoms. The first-order chi connectivity index (χ1) is 11.1. The molecule has 124 valence electrons. The molecule has 2 aromatic heterocycles. The second-order valence-electron chi connectivity index (χ2n) is 6.12. The smallest absolute Gasteiger partial charge is 0.317 e. The Labute approximate surface area is 135 Å². The second kappa shape index (κ2) is 6.85. The van der Waals surface area contributed by atoms with Crippen molar-refractivity contribution < 1.29 is 9.32 Å². The molecule has 0 aliphatic carbocycles. The fraction of sp³-hybridized carbons (Fsp3) is 0.562. The molecule has 1 N–H and O–H groups in total. The SMILES string of the molecule is CCc1cc(CNC(=O)N2CC[C@H](Cc3cnn(C)c3)C2)on1. The molecule has 1 aliphatic heterocycles. The van der Waals surface area contributed by atoms with Crippen LogP contribution in [0.5, 0.6) is 0 Å². The van der Waals surface area contributed by atoms with Crippen LogP contribution in [0.4, 0.5) is 4.79 Å². The zero-order valence-corrected chi connectivity index (χ0v) is 13.7. The van der Waals surface area contributed by atoms with Crippen molar-refractivity contribution in [3.8, 4) is 0 Å². The fourth-order valence-electron chi connectivity index (χ4n) is 2.97. The monoisotopic (exact) mass is 317 g/mol. The zero-order chi connectivity index (χ0) is 16.2. The van der Waals surface area contributed by atoms with Crippen LogP contribution in [0.25, 0.3) is 0 Å². The van der Waals surface area contributed by atoms with Gasteiger partial charge in [-0.1, -0.05) is 12.1 Å². The molecule has 2 aromatic rings. The van der Waals surface area contributed by atoms with Crippen LogP contribution in [-0.2, 0) is 26.4 Å². The Bertz CT molecular complexity index is 663. The van der Waals surface area contributed by atoms with Crippen LogP contribution in [0.3, 0.4) is 0 Å². The van der Waals surface area contributed by atoms with Crippen molar-refractivity contribution in [1.29, 1.82) is 0 Å². The summed E-state index contributed by atoms with van der Waals surface area (Å²) in [5, 5.41) is 11.0. The van der Waals surface area contributed by atoms with Gasteiger partial charge >= 0.3 is 6.03 Å². The van der Waals surface area contributed by atoms with Gasteiger partial charge in [0, 0.05) is 32.4 Å². The molecular weight excluding hydrogens is 294 g/mol. The molecule has 3 heterocycles. The molecule has 3 rings (SSSR count). The van der Waals surface area contributed by atoms with Gasteiger partial charge in [0.25, 0.3) is 0 Å². The highest BCUT2D eigenvalue weighted by Crippen LogP contribution is 2.20. The van der Waals surface area contributed by atoms with Gasteiger partial charge in [0.15, 0.2) is 5.76 Å². The fourth-order valence-corrected chi connectivity index (χ4v) is 2.97. The van der Waals surface area contributed by atoms with E-state index in [0.29, 0.717) is 18.2 Å². The molecule has 1 saturated heterocycles. The van der Waals surface area contributed by atoms with Crippen molar-refractivity contribution in [1.82, 2.24) is 25.2 Å². The van der Waals surface area contributed by atoms with E-state index in [0.717, 1.165) is 38.0 Å². The number of nitrogens with zero attached hydrogens (tertiary/aromatic N) is 4. The summed E-state index contributed by atoms with van der Waals surface area (Å²) in [6.07, 6.45) is 6.78. The first-order valence-electron chi connectivity index (χ1n) is 8.08. The van der Waals surface area contributed by atoms with Gasteiger partial charge in [0.1, 0.15) is 0 Å². The first kappa shape index (κ1) is 15.6. The van der Waals surface area contributed by atoms with Gasteiger partial charge in [0.05, 0.1) is 18.4 Å². The maximum atomic E-state index is 12.2. The number of carbonyl (C=O) groups excluding carboxylic acids is 1. The number of amides is 2. The summed E-state index contributed by atoms with van der Waals surface area (Å²) in [6, 6.07) is 1.85. The van der Waals surface area contributed by atoms with Crippen molar-refractivity contribution in [3.05, 3.63) is 35.5 Å². The van der Waals surface area contributed by atoms with Crippen LogP contribution in [0, 0.1) is 5.92 Å². The lowest BCUT2D eigenvalue weighted by Crippen LogP contribution is -2.38. The van der Waals surface area contributed by atoms with Crippen molar-refractivity contribution in [2.75, 3.05) is 13.1 Å². The number of rotatable bonds is 5. The lowest BCUT2D eigenvalue weighted by molar-refractivity contribution is 0.205. The molecule has 1 atom stereocenters. The Morgan fingerprint density at radius 2 is 2.39 bits per heavy atom. The highest BCUT2D eigenvalue weighted by molar-refractivity contribution is 5.74. The van der Waals surface area contributed by atoms with Crippen LogP contribution in [0.1, 0.15) is 30.4 Å². The van der Waals surface area contributed by atoms with Crippen molar-refractivity contribution in [2.45, 2.75) is 32.7 Å². The van der Waals surface area contributed by atoms with Crippen LogP contribution in [0.15, 0.2) is 23.0 Å². The first-order valence-corrected chi connectivity index (χ1v) is 8.08. The van der Waals surface area contributed by atoms with Gasteiger partial charge < -0.3 is 14.7 Å². The average Bonchev–Trinajstić information content (AvgIpc) is 3.26. The summed E-state index contributed by atoms with van der Waals surface area (Å²) >= 11 is 0. The minimum atomic E-state index is -0.0341. The number of hydrogen-bond donors (Lipinski definition) is 1. The van der Waals surface area contributed by atoms with E-state index in [9.17, 15) is 4.79 Å². The van der Waals surface area contributed by atoms with Crippen molar-refractivity contribution in [3.63, 3.8) is 0 Å². The summed E-state index contributed by atoms with van der Waals surface area (Å²) in [5.41, 5.74) is 2.14. The minimum absolute atomic E-state index is 0.0341. The van der Waals surface area contributed by atoms with E-state index in [4.69, 9.17) is 4.52 Å². The lowest BCUT2D eigenvalue weighted by atomic mass is 10.0. The maximum Gasteiger partial charge on any atom is 0.317 e. The van der Waals surface area contributed by atoms with Gasteiger partial charge in [-0.05, 0) is 30.7 Å². The van der Waals surface area contributed by atoms with Crippen LogP contribution < -0.4 is 5.32 Å². The Kier molecular flexibility index (Phi) is 4.64. The predicted molar refractivity (Wildman–Crippen MR) is 84.7 cm³/mol. The Hall–Kier alpha value is -2.31. The van der Waals surface area contributed by atoms with Gasteiger partial charge in [-0.15, -0.1) is 0 Å². The topological polar surface area (TPSA) is 76.2 Å². The number of urea groups is 1. The highest BCUT2D eigenvalue weighted by Gasteiger charge is 2.26. The Balaban J connectivity index is 1.45. The van der Waals surface area contributed by atoms with E-state index in [-0.39, 0.29) is 6.03 Å². The molecule has 2 amide bonds. The molecule has 1 aliphatic rings. The third-order valence-corrected chi connectivity index (χ3v) is 4.24. The van der Waals surface area contributed by atoms with E-state index in [1.165, 1.54) is 5.56 Å². The summed E-state index contributed by atoms with van der Waals surface area (Å²) < 4.78 is 6.99. The molecule has 0 spiro atoms. The standard InChI is InChI=1S/C16H23N5O2/c1-3-14-7-15(23-19-14)9-17-16(22)21-5-4-12(11-21)6-13-8-18-20(2)10-13/h7-8,10,12H,3-6,9,11H2,1-2H3,(H,17,22)/t12-/m1/s1. The van der Waals surface area contributed by atoms with E-state index in [1.54, 1.807) is 0 Å². The second-order valence-corrected chi connectivity index (χ2v) is 6.12. The van der Waals surface area contributed by atoms with Gasteiger partial charge in [-0.25, -0.2) is 4.79 Å². The van der Waals surface area contributed by atoms with Gasteiger partial charge in [-0.2, -0.15) is 5.10 Å². The number of likely N-dealkylation sites (tertiary alicyclic amines) is 1. The Morgan fingerprint density at radius 1 is 1.52 bits per heavy atom. The molecule has 7 nitrogen and oxygen atoms in total. The number of hydrogen-bond acceptors (Lipinski definition) is 4. The normalized spacial score (nSPS) is 17.7. The molecule has 0 aromatic carbocycles. The number of carbonyl (C=O) groups is 1. The summed E-state index contributed by atoms with van der Waals surface area (Å²) in [6.45, 7) is 3.99. The van der Waals surface area contributed by atoms with Crippen molar-refractivity contribution >= 4 is 6.03 Å². The quantitative estimate of drug-likeness (QED) is 0.911. The summed E-state index contributed by atoms with van der Waals surface area (Å²) in [5.74, 6) is 1.20. The van der Waals surface area contributed by atoms with Gasteiger partial charge in [0.2, 0.25) is 0 Å².